The molecule has 0 amide bonds. The first-order valence-electron chi connectivity index (χ1n) is 4.84. The zero-order chi connectivity index (χ0) is 9.64. The van der Waals surface area contributed by atoms with Gasteiger partial charge in [-0.05, 0) is 24.8 Å². The van der Waals surface area contributed by atoms with E-state index >= 15 is 0 Å². The SMILES string of the molecule is [NaH].c1ccc(CCCc2c[nH]nn2)cc1. The van der Waals surface area contributed by atoms with Gasteiger partial charge in [-0.15, -0.1) is 5.10 Å². The summed E-state index contributed by atoms with van der Waals surface area (Å²) in [6.07, 6.45) is 5.07. The average molecular weight is 211 g/mol. The van der Waals surface area contributed by atoms with Crippen molar-refractivity contribution in [3.05, 3.63) is 47.8 Å². The van der Waals surface area contributed by atoms with Crippen LogP contribution in [0.25, 0.3) is 0 Å². The van der Waals surface area contributed by atoms with Crippen LogP contribution in [0.15, 0.2) is 36.5 Å². The number of rotatable bonds is 4. The first-order valence-corrected chi connectivity index (χ1v) is 4.84. The fourth-order valence-corrected chi connectivity index (χ4v) is 1.47. The monoisotopic (exact) mass is 211 g/mol. The van der Waals surface area contributed by atoms with Crippen LogP contribution >= 0.6 is 0 Å². The van der Waals surface area contributed by atoms with E-state index in [4.69, 9.17) is 0 Å². The molecule has 1 heterocycles. The number of benzene rings is 1. The molecule has 1 N–H and O–H groups in total. The standard InChI is InChI=1S/C11H13N3.Na.H/c1-2-5-10(6-3-1)7-4-8-11-9-12-14-13-11;;/h1-3,5-6,9H,4,7-8H2,(H,12,13,14);;. The van der Waals surface area contributed by atoms with Crippen molar-refractivity contribution < 1.29 is 0 Å². The molecule has 0 saturated heterocycles. The van der Waals surface area contributed by atoms with Gasteiger partial charge >= 0.3 is 29.6 Å². The molecule has 15 heavy (non-hydrogen) atoms. The van der Waals surface area contributed by atoms with Gasteiger partial charge in [0.25, 0.3) is 0 Å². The van der Waals surface area contributed by atoms with Crippen molar-refractivity contribution in [2.75, 3.05) is 0 Å². The van der Waals surface area contributed by atoms with Gasteiger partial charge in [-0.3, -0.25) is 5.10 Å². The molecular formula is C11H14N3Na. The molecule has 0 aliphatic rings. The third-order valence-electron chi connectivity index (χ3n) is 2.21. The van der Waals surface area contributed by atoms with Crippen LogP contribution in [-0.4, -0.2) is 45.0 Å². The van der Waals surface area contributed by atoms with Gasteiger partial charge < -0.3 is 0 Å². The molecule has 4 heteroatoms. The van der Waals surface area contributed by atoms with E-state index in [-0.39, 0.29) is 29.6 Å². The number of aromatic nitrogens is 3. The van der Waals surface area contributed by atoms with Crippen molar-refractivity contribution >= 4 is 29.6 Å². The summed E-state index contributed by atoms with van der Waals surface area (Å²) in [5.74, 6) is 0. The minimum Gasteiger partial charge on any atom is -0.265 e. The summed E-state index contributed by atoms with van der Waals surface area (Å²) in [7, 11) is 0. The number of nitrogens with one attached hydrogen (secondary N) is 1. The largest absolute Gasteiger partial charge is 0.265 e. The van der Waals surface area contributed by atoms with Crippen LogP contribution in [-0.2, 0) is 12.8 Å². The van der Waals surface area contributed by atoms with Crippen LogP contribution < -0.4 is 0 Å². The third-order valence-corrected chi connectivity index (χ3v) is 2.21. The second-order valence-corrected chi connectivity index (χ2v) is 3.30. The molecule has 0 radical (unpaired) electrons. The Morgan fingerprint density at radius 2 is 1.87 bits per heavy atom. The quantitative estimate of drug-likeness (QED) is 0.775. The number of aromatic amines is 1. The van der Waals surface area contributed by atoms with Crippen LogP contribution in [0.4, 0.5) is 0 Å². The molecule has 0 fully saturated rings. The smallest absolute Gasteiger partial charge is 0.0824 e. The number of aryl methyl sites for hydroxylation is 2. The Morgan fingerprint density at radius 1 is 1.07 bits per heavy atom. The molecule has 0 unspecified atom stereocenters. The van der Waals surface area contributed by atoms with Crippen LogP contribution in [0.5, 0.6) is 0 Å². The van der Waals surface area contributed by atoms with Gasteiger partial charge in [-0.2, -0.15) is 0 Å². The Bertz CT molecular complexity index is 359. The van der Waals surface area contributed by atoms with E-state index in [2.05, 4.69) is 39.7 Å². The van der Waals surface area contributed by atoms with Gasteiger partial charge in [0.2, 0.25) is 0 Å². The van der Waals surface area contributed by atoms with E-state index in [0.29, 0.717) is 0 Å². The van der Waals surface area contributed by atoms with E-state index in [0.717, 1.165) is 25.0 Å². The maximum Gasteiger partial charge on any atom is 0.0824 e. The Labute approximate surface area is 112 Å². The first-order chi connectivity index (χ1) is 6.95. The number of hydrogen-bond acceptors (Lipinski definition) is 2. The molecular weight excluding hydrogens is 197 g/mol. The van der Waals surface area contributed by atoms with E-state index in [1.165, 1.54) is 5.56 Å². The molecule has 2 aromatic rings. The summed E-state index contributed by atoms with van der Waals surface area (Å²) in [5.41, 5.74) is 2.43. The van der Waals surface area contributed by atoms with Crippen molar-refractivity contribution in [1.29, 1.82) is 0 Å². The zero-order valence-corrected chi connectivity index (χ0v) is 7.98. The normalized spacial score (nSPS) is 9.60. The fraction of sp³-hybridized carbons (Fsp3) is 0.273. The minimum absolute atomic E-state index is 0. The molecule has 1 aromatic carbocycles. The number of H-pyrrole nitrogens is 1. The molecule has 0 atom stereocenters. The fourth-order valence-electron chi connectivity index (χ4n) is 1.47. The molecule has 0 aliphatic heterocycles. The third kappa shape index (κ3) is 4.16. The van der Waals surface area contributed by atoms with Crippen LogP contribution in [0, 0.1) is 0 Å². The second kappa shape index (κ2) is 6.77. The van der Waals surface area contributed by atoms with Crippen molar-refractivity contribution in [2.45, 2.75) is 19.3 Å². The number of hydrogen-bond donors (Lipinski definition) is 1. The molecule has 3 nitrogen and oxygen atoms in total. The summed E-state index contributed by atoms with van der Waals surface area (Å²) >= 11 is 0. The van der Waals surface area contributed by atoms with Gasteiger partial charge in [0.15, 0.2) is 0 Å². The van der Waals surface area contributed by atoms with Crippen molar-refractivity contribution in [2.24, 2.45) is 0 Å². The zero-order valence-electron chi connectivity index (χ0n) is 7.98. The van der Waals surface area contributed by atoms with E-state index in [1.54, 1.807) is 0 Å². The molecule has 2 rings (SSSR count). The summed E-state index contributed by atoms with van der Waals surface area (Å²) in [5, 5.41) is 10.3. The van der Waals surface area contributed by atoms with Crippen molar-refractivity contribution in [3.8, 4) is 0 Å². The van der Waals surface area contributed by atoms with E-state index in [9.17, 15) is 0 Å². The Balaban J connectivity index is 0.00000112. The Morgan fingerprint density at radius 3 is 2.53 bits per heavy atom. The summed E-state index contributed by atoms with van der Waals surface area (Å²) in [6.45, 7) is 0. The molecule has 0 aliphatic carbocycles. The van der Waals surface area contributed by atoms with Crippen molar-refractivity contribution in [3.63, 3.8) is 0 Å². The summed E-state index contributed by atoms with van der Waals surface area (Å²) in [6, 6.07) is 10.5. The van der Waals surface area contributed by atoms with E-state index < -0.39 is 0 Å². The van der Waals surface area contributed by atoms with Gasteiger partial charge in [0, 0.05) is 6.20 Å². The van der Waals surface area contributed by atoms with Crippen LogP contribution in [0.3, 0.4) is 0 Å². The molecule has 1 aromatic heterocycles. The molecule has 74 valence electrons. The van der Waals surface area contributed by atoms with E-state index in [1.807, 2.05) is 12.3 Å². The van der Waals surface area contributed by atoms with Crippen molar-refractivity contribution in [1.82, 2.24) is 15.4 Å². The second-order valence-electron chi connectivity index (χ2n) is 3.30. The Kier molecular flexibility index (Phi) is 5.61. The first kappa shape index (κ1) is 12.4. The molecule has 0 bridgehead atoms. The maximum atomic E-state index is 3.94. The summed E-state index contributed by atoms with van der Waals surface area (Å²) < 4.78 is 0. The molecule has 0 saturated carbocycles. The van der Waals surface area contributed by atoms with Gasteiger partial charge in [0.05, 0.1) is 5.69 Å². The Hall–Kier alpha value is -0.640. The average Bonchev–Trinajstić information content (AvgIpc) is 2.72. The number of nitrogens with zero attached hydrogens (tertiary/aromatic N) is 2. The van der Waals surface area contributed by atoms with Gasteiger partial charge in [-0.1, -0.05) is 35.5 Å². The minimum atomic E-state index is 0. The summed E-state index contributed by atoms with van der Waals surface area (Å²) in [4.78, 5) is 0. The maximum absolute atomic E-state index is 3.94. The van der Waals surface area contributed by atoms with Gasteiger partial charge in [0.1, 0.15) is 0 Å². The van der Waals surface area contributed by atoms with Gasteiger partial charge in [-0.25, -0.2) is 0 Å². The van der Waals surface area contributed by atoms with Crippen LogP contribution in [0.2, 0.25) is 0 Å². The molecule has 0 spiro atoms. The predicted molar refractivity (Wildman–Crippen MR) is 62.0 cm³/mol. The predicted octanol–water partition coefficient (Wildman–Crippen LogP) is 1.33. The topological polar surface area (TPSA) is 41.6 Å². The van der Waals surface area contributed by atoms with Crippen LogP contribution in [0.1, 0.15) is 17.7 Å².